The number of rotatable bonds is 0. The van der Waals surface area contributed by atoms with Gasteiger partial charge in [0.1, 0.15) is 0 Å². The number of carbonyl (C=O) groups excluding carboxylic acids is 1. The Balaban J connectivity index is 2.62. The lowest BCUT2D eigenvalue weighted by Crippen LogP contribution is -2.22. The van der Waals surface area contributed by atoms with E-state index in [0.717, 1.165) is 0 Å². The zero-order valence-corrected chi connectivity index (χ0v) is 5.53. The molecule has 2 atom stereocenters. The molecule has 1 rings (SSSR count). The van der Waals surface area contributed by atoms with Crippen LogP contribution in [0.2, 0.25) is 0 Å². The van der Waals surface area contributed by atoms with Gasteiger partial charge in [0.15, 0.2) is 5.78 Å². The molecular weight excluding hydrogens is 132 g/mol. The standard InChI is InChI=1S/C7H10O3/c8-5-1-3-6(9)7(10)4-2-5/h1,3,6-7,9-10H,2,4H2/t6-,7-/m0/s1. The van der Waals surface area contributed by atoms with Crippen molar-refractivity contribution in [2.45, 2.75) is 25.0 Å². The smallest absolute Gasteiger partial charge is 0.155 e. The SMILES string of the molecule is O=C1C=C[C@H](O)[C@@H](O)CC1. The summed E-state index contributed by atoms with van der Waals surface area (Å²) in [5.41, 5.74) is 0. The van der Waals surface area contributed by atoms with Crippen LogP contribution in [-0.2, 0) is 4.79 Å². The molecule has 0 heterocycles. The summed E-state index contributed by atoms with van der Waals surface area (Å²) in [6.45, 7) is 0. The summed E-state index contributed by atoms with van der Waals surface area (Å²) in [4.78, 5) is 10.7. The molecule has 0 amide bonds. The molecule has 0 fully saturated rings. The third-order valence-electron chi connectivity index (χ3n) is 1.56. The molecule has 0 aromatic carbocycles. The molecule has 10 heavy (non-hydrogen) atoms. The van der Waals surface area contributed by atoms with Crippen LogP contribution >= 0.6 is 0 Å². The molecule has 0 radical (unpaired) electrons. The van der Waals surface area contributed by atoms with E-state index in [1.54, 1.807) is 0 Å². The maximum absolute atomic E-state index is 10.7. The molecule has 2 N–H and O–H groups in total. The summed E-state index contributed by atoms with van der Waals surface area (Å²) in [6, 6.07) is 0. The average molecular weight is 142 g/mol. The Labute approximate surface area is 59.0 Å². The number of hydrogen-bond acceptors (Lipinski definition) is 3. The van der Waals surface area contributed by atoms with Gasteiger partial charge in [0.2, 0.25) is 0 Å². The molecule has 56 valence electrons. The van der Waals surface area contributed by atoms with Crippen LogP contribution in [0.5, 0.6) is 0 Å². The number of ketones is 1. The highest BCUT2D eigenvalue weighted by Gasteiger charge is 2.17. The van der Waals surface area contributed by atoms with E-state index in [0.29, 0.717) is 12.8 Å². The van der Waals surface area contributed by atoms with Crippen molar-refractivity contribution in [3.05, 3.63) is 12.2 Å². The van der Waals surface area contributed by atoms with Crippen molar-refractivity contribution in [2.24, 2.45) is 0 Å². The first kappa shape index (κ1) is 7.44. The average Bonchev–Trinajstić information content (AvgIpc) is 2.04. The van der Waals surface area contributed by atoms with E-state index in [2.05, 4.69) is 0 Å². The monoisotopic (exact) mass is 142 g/mol. The topological polar surface area (TPSA) is 57.5 Å². The lowest BCUT2D eigenvalue weighted by Gasteiger charge is -2.09. The van der Waals surface area contributed by atoms with Gasteiger partial charge in [-0.3, -0.25) is 4.79 Å². The second kappa shape index (κ2) is 2.94. The minimum absolute atomic E-state index is 0.0319. The van der Waals surface area contributed by atoms with Gasteiger partial charge in [-0.15, -0.1) is 0 Å². The lowest BCUT2D eigenvalue weighted by molar-refractivity contribution is -0.115. The van der Waals surface area contributed by atoms with Crippen LogP contribution in [0.4, 0.5) is 0 Å². The molecular formula is C7H10O3. The second-order valence-corrected chi connectivity index (χ2v) is 2.42. The summed E-state index contributed by atoms with van der Waals surface area (Å²) in [5, 5.41) is 18.0. The van der Waals surface area contributed by atoms with Gasteiger partial charge in [0.05, 0.1) is 12.2 Å². The van der Waals surface area contributed by atoms with Gasteiger partial charge in [-0.25, -0.2) is 0 Å². The number of aliphatic hydroxyl groups is 2. The zero-order chi connectivity index (χ0) is 7.56. The van der Waals surface area contributed by atoms with Gasteiger partial charge in [-0.2, -0.15) is 0 Å². The third kappa shape index (κ3) is 1.65. The second-order valence-electron chi connectivity index (χ2n) is 2.42. The Bertz CT molecular complexity index is 162. The number of hydrogen-bond donors (Lipinski definition) is 2. The van der Waals surface area contributed by atoms with E-state index in [1.165, 1.54) is 12.2 Å². The van der Waals surface area contributed by atoms with E-state index in [-0.39, 0.29) is 5.78 Å². The lowest BCUT2D eigenvalue weighted by atomic mass is 10.1. The van der Waals surface area contributed by atoms with E-state index in [9.17, 15) is 4.79 Å². The molecule has 0 bridgehead atoms. The third-order valence-corrected chi connectivity index (χ3v) is 1.56. The van der Waals surface area contributed by atoms with Gasteiger partial charge in [-0.1, -0.05) is 6.08 Å². The van der Waals surface area contributed by atoms with Crippen molar-refractivity contribution in [1.82, 2.24) is 0 Å². The number of allylic oxidation sites excluding steroid dienone is 1. The zero-order valence-electron chi connectivity index (χ0n) is 5.53. The van der Waals surface area contributed by atoms with Gasteiger partial charge >= 0.3 is 0 Å². The van der Waals surface area contributed by atoms with Gasteiger partial charge < -0.3 is 10.2 Å². The minimum Gasteiger partial charge on any atom is -0.390 e. The Kier molecular flexibility index (Phi) is 2.19. The Morgan fingerprint density at radius 1 is 1.50 bits per heavy atom. The van der Waals surface area contributed by atoms with Crippen LogP contribution in [0.1, 0.15) is 12.8 Å². The predicted molar refractivity (Wildman–Crippen MR) is 35.4 cm³/mol. The van der Waals surface area contributed by atoms with Gasteiger partial charge in [0, 0.05) is 6.42 Å². The molecule has 0 unspecified atom stereocenters. The van der Waals surface area contributed by atoms with Crippen LogP contribution in [0.15, 0.2) is 12.2 Å². The maximum atomic E-state index is 10.7. The van der Waals surface area contributed by atoms with Crippen LogP contribution < -0.4 is 0 Å². The molecule has 0 spiro atoms. The van der Waals surface area contributed by atoms with Gasteiger partial charge in [0.25, 0.3) is 0 Å². The predicted octanol–water partition coefficient (Wildman–Crippen LogP) is -0.373. The normalized spacial score (nSPS) is 34.0. The molecule has 0 aromatic heterocycles. The molecule has 0 saturated carbocycles. The fourth-order valence-electron chi connectivity index (χ4n) is 0.878. The fourth-order valence-corrected chi connectivity index (χ4v) is 0.878. The van der Waals surface area contributed by atoms with Crippen LogP contribution in [0.25, 0.3) is 0 Å². The van der Waals surface area contributed by atoms with Crippen LogP contribution in [0, 0.1) is 0 Å². The van der Waals surface area contributed by atoms with Crippen LogP contribution in [0.3, 0.4) is 0 Å². The van der Waals surface area contributed by atoms with E-state index < -0.39 is 12.2 Å². The summed E-state index contributed by atoms with van der Waals surface area (Å²) in [5.74, 6) is -0.0319. The minimum atomic E-state index is -0.869. The van der Waals surface area contributed by atoms with Crippen molar-refractivity contribution in [3.8, 4) is 0 Å². The summed E-state index contributed by atoms with van der Waals surface area (Å²) >= 11 is 0. The highest BCUT2D eigenvalue weighted by atomic mass is 16.3. The fraction of sp³-hybridized carbons (Fsp3) is 0.571. The quantitative estimate of drug-likeness (QED) is 0.485. The van der Waals surface area contributed by atoms with Crippen molar-refractivity contribution < 1.29 is 15.0 Å². The summed E-state index contributed by atoms with van der Waals surface area (Å²) in [7, 11) is 0. The highest BCUT2D eigenvalue weighted by molar-refractivity contribution is 5.89. The molecule has 0 saturated heterocycles. The van der Waals surface area contributed by atoms with E-state index >= 15 is 0 Å². The molecule has 3 heteroatoms. The summed E-state index contributed by atoms with van der Waals surface area (Å²) in [6.07, 6.45) is 1.69. The first-order valence-corrected chi connectivity index (χ1v) is 3.27. The molecule has 0 aliphatic heterocycles. The van der Waals surface area contributed by atoms with E-state index in [4.69, 9.17) is 10.2 Å². The van der Waals surface area contributed by atoms with Crippen molar-refractivity contribution in [1.29, 1.82) is 0 Å². The van der Waals surface area contributed by atoms with Crippen molar-refractivity contribution in [3.63, 3.8) is 0 Å². The van der Waals surface area contributed by atoms with Crippen LogP contribution in [-0.4, -0.2) is 28.2 Å². The van der Waals surface area contributed by atoms with Crippen molar-refractivity contribution >= 4 is 5.78 Å². The van der Waals surface area contributed by atoms with Gasteiger partial charge in [-0.05, 0) is 12.5 Å². The number of aliphatic hydroxyl groups excluding tert-OH is 2. The molecule has 1 aliphatic carbocycles. The highest BCUT2D eigenvalue weighted by Crippen LogP contribution is 2.09. The maximum Gasteiger partial charge on any atom is 0.155 e. The molecule has 1 aliphatic rings. The summed E-state index contributed by atoms with van der Waals surface area (Å²) < 4.78 is 0. The Morgan fingerprint density at radius 2 is 2.20 bits per heavy atom. The Morgan fingerprint density at radius 3 is 2.90 bits per heavy atom. The molecule has 3 nitrogen and oxygen atoms in total. The largest absolute Gasteiger partial charge is 0.390 e. The first-order chi connectivity index (χ1) is 4.70. The van der Waals surface area contributed by atoms with E-state index in [1.807, 2.05) is 0 Å². The number of carbonyl (C=O) groups is 1. The van der Waals surface area contributed by atoms with Crippen molar-refractivity contribution in [2.75, 3.05) is 0 Å². The Hall–Kier alpha value is -0.670. The molecule has 0 aromatic rings. The first-order valence-electron chi connectivity index (χ1n) is 3.27.